The number of hydrogen-bond acceptors (Lipinski definition) is 8. The summed E-state index contributed by atoms with van der Waals surface area (Å²) in [7, 11) is 0. The molecule has 1 heterocycles. The maximum absolute atomic E-state index is 13.0. The van der Waals surface area contributed by atoms with Crippen LogP contribution in [0.4, 0.5) is 10.7 Å². The molecule has 180 valence electrons. The van der Waals surface area contributed by atoms with E-state index in [0.29, 0.717) is 22.8 Å². The first-order chi connectivity index (χ1) is 15.6. The Bertz CT molecular complexity index is 972. The van der Waals surface area contributed by atoms with Crippen molar-refractivity contribution in [2.75, 3.05) is 23.9 Å². The minimum atomic E-state index is -0.925. The van der Waals surface area contributed by atoms with Gasteiger partial charge in [0.05, 0.1) is 6.61 Å². The van der Waals surface area contributed by atoms with Crippen molar-refractivity contribution in [1.82, 2.24) is 10.5 Å². The Balaban J connectivity index is 2.31. The lowest BCUT2D eigenvalue weighted by Gasteiger charge is -2.23. The molecule has 0 aliphatic heterocycles. The number of anilines is 1. The van der Waals surface area contributed by atoms with E-state index >= 15 is 0 Å². The molecule has 0 aliphatic rings. The number of alkyl carbamates (subject to hydrolysis) is 1. The van der Waals surface area contributed by atoms with Gasteiger partial charge in [0.1, 0.15) is 17.3 Å². The number of thioether (sulfide) groups is 1. The lowest BCUT2D eigenvalue weighted by molar-refractivity contribution is -0.118. The summed E-state index contributed by atoms with van der Waals surface area (Å²) in [6.07, 6.45) is 1.49. The zero-order valence-corrected chi connectivity index (χ0v) is 20.8. The first kappa shape index (κ1) is 26.5. The standard InChI is InChI=1S/C22H28ClN3O6S/c1-6-30-20(28)16-17(13-7-9-14(23)10-8-13)26-32-19(16)25-18(27)15(11-12-33-5)24-21(29)31-22(2,3)4/h7-10,15H,6,11-12H2,1-5H3,(H,24,29)(H,25,27). The van der Waals surface area contributed by atoms with Crippen LogP contribution in [0.3, 0.4) is 0 Å². The number of nitrogens with zero attached hydrogens (tertiary/aromatic N) is 1. The second-order valence-corrected chi connectivity index (χ2v) is 9.35. The predicted octanol–water partition coefficient (Wildman–Crippen LogP) is 4.76. The van der Waals surface area contributed by atoms with Gasteiger partial charge >= 0.3 is 12.1 Å². The molecule has 2 amide bonds. The molecule has 33 heavy (non-hydrogen) atoms. The van der Waals surface area contributed by atoms with Crippen LogP contribution in [-0.4, -0.2) is 53.4 Å². The van der Waals surface area contributed by atoms with Crippen LogP contribution in [0.1, 0.15) is 44.5 Å². The molecule has 0 saturated heterocycles. The third-order valence-corrected chi connectivity index (χ3v) is 5.04. The molecule has 1 atom stereocenters. The number of nitrogens with one attached hydrogen (secondary N) is 2. The molecule has 9 nitrogen and oxygen atoms in total. The molecule has 1 aromatic heterocycles. The van der Waals surface area contributed by atoms with E-state index in [1.807, 2.05) is 6.26 Å². The molecule has 2 rings (SSSR count). The highest BCUT2D eigenvalue weighted by Crippen LogP contribution is 2.30. The topological polar surface area (TPSA) is 120 Å². The van der Waals surface area contributed by atoms with Crippen LogP contribution in [0, 0.1) is 0 Å². The summed E-state index contributed by atoms with van der Waals surface area (Å²) >= 11 is 7.46. The third kappa shape index (κ3) is 7.97. The number of hydrogen-bond donors (Lipinski definition) is 2. The van der Waals surface area contributed by atoms with Gasteiger partial charge in [0.2, 0.25) is 11.8 Å². The molecule has 2 N–H and O–H groups in total. The highest BCUT2D eigenvalue weighted by Gasteiger charge is 2.30. The Morgan fingerprint density at radius 2 is 1.88 bits per heavy atom. The summed E-state index contributed by atoms with van der Waals surface area (Å²) in [4.78, 5) is 37.9. The molecule has 0 radical (unpaired) electrons. The van der Waals surface area contributed by atoms with E-state index in [1.165, 1.54) is 11.8 Å². The van der Waals surface area contributed by atoms with Crippen molar-refractivity contribution in [3.05, 3.63) is 34.9 Å². The zero-order chi connectivity index (χ0) is 24.6. The van der Waals surface area contributed by atoms with Gasteiger partial charge in [-0.1, -0.05) is 28.9 Å². The summed E-state index contributed by atoms with van der Waals surface area (Å²) in [5, 5.41) is 9.59. The zero-order valence-electron chi connectivity index (χ0n) is 19.2. The SMILES string of the molecule is CCOC(=O)c1c(-c2ccc(Cl)cc2)noc1NC(=O)C(CCSC)NC(=O)OC(C)(C)C. The fraction of sp³-hybridized carbons (Fsp3) is 0.455. The summed E-state index contributed by atoms with van der Waals surface area (Å²) in [6.45, 7) is 6.95. The van der Waals surface area contributed by atoms with Gasteiger partial charge in [0.25, 0.3) is 0 Å². The van der Waals surface area contributed by atoms with Gasteiger partial charge in [0, 0.05) is 10.6 Å². The minimum Gasteiger partial charge on any atom is -0.462 e. The van der Waals surface area contributed by atoms with Crippen molar-refractivity contribution >= 4 is 47.2 Å². The van der Waals surface area contributed by atoms with Gasteiger partial charge in [-0.2, -0.15) is 11.8 Å². The second kappa shape index (κ2) is 11.9. The maximum Gasteiger partial charge on any atom is 0.408 e. The maximum atomic E-state index is 13.0. The average molecular weight is 498 g/mol. The Kier molecular flexibility index (Phi) is 9.60. The summed E-state index contributed by atoms with van der Waals surface area (Å²) in [5.41, 5.74) is -0.00720. The van der Waals surface area contributed by atoms with Crippen molar-refractivity contribution in [2.24, 2.45) is 0 Å². The van der Waals surface area contributed by atoms with E-state index in [4.69, 9.17) is 25.6 Å². The Morgan fingerprint density at radius 1 is 1.21 bits per heavy atom. The van der Waals surface area contributed by atoms with Crippen LogP contribution in [0.5, 0.6) is 0 Å². The van der Waals surface area contributed by atoms with Gasteiger partial charge in [-0.25, -0.2) is 9.59 Å². The van der Waals surface area contributed by atoms with Crippen molar-refractivity contribution in [2.45, 2.75) is 45.8 Å². The summed E-state index contributed by atoms with van der Waals surface area (Å²) in [6, 6.07) is 5.69. The monoisotopic (exact) mass is 497 g/mol. The van der Waals surface area contributed by atoms with E-state index in [-0.39, 0.29) is 23.7 Å². The van der Waals surface area contributed by atoms with Gasteiger partial charge in [-0.3, -0.25) is 10.1 Å². The lowest BCUT2D eigenvalue weighted by Crippen LogP contribution is -2.46. The van der Waals surface area contributed by atoms with Gasteiger partial charge < -0.3 is 19.3 Å². The smallest absolute Gasteiger partial charge is 0.408 e. The average Bonchev–Trinajstić information content (AvgIpc) is 3.14. The van der Waals surface area contributed by atoms with Gasteiger partial charge in [0.15, 0.2) is 5.56 Å². The van der Waals surface area contributed by atoms with Crippen molar-refractivity contribution in [3.63, 3.8) is 0 Å². The van der Waals surface area contributed by atoms with Crippen LogP contribution in [0.2, 0.25) is 5.02 Å². The normalized spacial score (nSPS) is 12.1. The second-order valence-electron chi connectivity index (χ2n) is 7.93. The fourth-order valence-electron chi connectivity index (χ4n) is 2.73. The molecule has 0 fully saturated rings. The number of rotatable bonds is 9. The number of amides is 2. The molecule has 11 heteroatoms. The number of carbonyl (C=O) groups excluding carboxylic acids is 3. The van der Waals surface area contributed by atoms with Crippen LogP contribution < -0.4 is 10.6 Å². The number of halogens is 1. The molecule has 1 unspecified atom stereocenters. The number of carbonyl (C=O) groups is 3. The fourth-order valence-corrected chi connectivity index (χ4v) is 3.32. The van der Waals surface area contributed by atoms with Crippen molar-refractivity contribution in [1.29, 1.82) is 0 Å². The van der Waals surface area contributed by atoms with Crippen LogP contribution >= 0.6 is 23.4 Å². The van der Waals surface area contributed by atoms with E-state index in [1.54, 1.807) is 52.0 Å². The molecular weight excluding hydrogens is 470 g/mol. The van der Waals surface area contributed by atoms with Gasteiger partial charge in [-0.15, -0.1) is 0 Å². The molecule has 2 aromatic rings. The predicted molar refractivity (Wildman–Crippen MR) is 128 cm³/mol. The number of ether oxygens (including phenoxy) is 2. The van der Waals surface area contributed by atoms with E-state index in [9.17, 15) is 14.4 Å². The number of esters is 1. The molecule has 0 saturated carbocycles. The molecule has 0 bridgehead atoms. The first-order valence-electron chi connectivity index (χ1n) is 10.3. The van der Waals surface area contributed by atoms with Crippen LogP contribution in [-0.2, 0) is 14.3 Å². The molecule has 0 spiro atoms. The van der Waals surface area contributed by atoms with Crippen molar-refractivity contribution < 1.29 is 28.4 Å². The van der Waals surface area contributed by atoms with Crippen LogP contribution in [0.25, 0.3) is 11.3 Å². The quantitative estimate of drug-likeness (QED) is 0.476. The van der Waals surface area contributed by atoms with Gasteiger partial charge in [-0.05, 0) is 58.3 Å². The van der Waals surface area contributed by atoms with E-state index < -0.39 is 29.6 Å². The largest absolute Gasteiger partial charge is 0.462 e. The lowest BCUT2D eigenvalue weighted by atomic mass is 10.1. The summed E-state index contributed by atoms with van der Waals surface area (Å²) < 4.78 is 15.7. The van der Waals surface area contributed by atoms with Crippen molar-refractivity contribution in [3.8, 4) is 11.3 Å². The summed E-state index contributed by atoms with van der Waals surface area (Å²) in [5.74, 6) is -0.868. The molecule has 1 aromatic carbocycles. The van der Waals surface area contributed by atoms with E-state index in [0.717, 1.165) is 0 Å². The number of aromatic nitrogens is 1. The molecular formula is C22H28ClN3O6S. The number of benzene rings is 1. The van der Waals surface area contributed by atoms with Crippen LogP contribution in [0.15, 0.2) is 28.8 Å². The Labute approximate surface area is 201 Å². The minimum absolute atomic E-state index is 0.0339. The molecule has 0 aliphatic carbocycles. The highest BCUT2D eigenvalue weighted by molar-refractivity contribution is 7.98. The third-order valence-electron chi connectivity index (χ3n) is 4.14. The highest BCUT2D eigenvalue weighted by atomic mass is 35.5. The first-order valence-corrected chi connectivity index (χ1v) is 12.0. The van der Waals surface area contributed by atoms with E-state index in [2.05, 4.69) is 15.8 Å². The Morgan fingerprint density at radius 3 is 2.45 bits per heavy atom. The Hall–Kier alpha value is -2.72.